The monoisotopic (exact) mass is 462 g/mol. The number of fused-ring (bicyclic) bond motifs is 1. The largest absolute Gasteiger partial charge is 0.424 e. The molecule has 1 fully saturated rings. The molecular weight excluding hydrogens is 436 g/mol. The lowest BCUT2D eigenvalue weighted by atomic mass is 10.1. The standard InChI is InChI=1S/C25H26N4O3S/c1-2-14-33(30,31)28-21-9-6-19(7-10-21)23-15-20-8-11-22(32-25-26-12-3-13-27-25)16-24(20)29(23)17-18-4-5-18/h3,6-13,15-16,18,28H,2,4-5,14,17H2,1H3. The second-order valence-corrected chi connectivity index (χ2v) is 10.3. The molecule has 0 amide bonds. The molecular formula is C25H26N4O3S. The molecule has 0 radical (unpaired) electrons. The van der Waals surface area contributed by atoms with E-state index in [2.05, 4.69) is 25.3 Å². The smallest absolute Gasteiger partial charge is 0.321 e. The topological polar surface area (TPSA) is 86.1 Å². The number of anilines is 1. The average molecular weight is 463 g/mol. The van der Waals surface area contributed by atoms with Gasteiger partial charge >= 0.3 is 6.01 Å². The fourth-order valence-corrected chi connectivity index (χ4v) is 5.08. The molecule has 33 heavy (non-hydrogen) atoms. The van der Waals surface area contributed by atoms with Gasteiger partial charge in [-0.15, -0.1) is 0 Å². The van der Waals surface area contributed by atoms with Crippen LogP contribution in [-0.4, -0.2) is 28.7 Å². The van der Waals surface area contributed by atoms with Crippen LogP contribution in [0.1, 0.15) is 26.2 Å². The predicted molar refractivity (Wildman–Crippen MR) is 130 cm³/mol. The van der Waals surface area contributed by atoms with Gasteiger partial charge in [0.1, 0.15) is 5.75 Å². The maximum absolute atomic E-state index is 12.1. The first-order valence-corrected chi connectivity index (χ1v) is 12.8. The zero-order chi connectivity index (χ0) is 22.8. The van der Waals surface area contributed by atoms with Crippen molar-refractivity contribution < 1.29 is 13.2 Å². The van der Waals surface area contributed by atoms with E-state index in [-0.39, 0.29) is 5.75 Å². The van der Waals surface area contributed by atoms with E-state index in [4.69, 9.17) is 4.74 Å². The summed E-state index contributed by atoms with van der Waals surface area (Å²) < 4.78 is 35.0. The fraction of sp³-hybridized carbons (Fsp3) is 0.280. The van der Waals surface area contributed by atoms with Crippen LogP contribution in [0, 0.1) is 5.92 Å². The van der Waals surface area contributed by atoms with E-state index >= 15 is 0 Å². The molecule has 0 saturated heterocycles. The quantitative estimate of drug-likeness (QED) is 0.357. The van der Waals surface area contributed by atoms with E-state index in [0.717, 1.165) is 28.7 Å². The van der Waals surface area contributed by atoms with Crippen molar-refractivity contribution in [1.29, 1.82) is 0 Å². The average Bonchev–Trinajstić information content (AvgIpc) is 3.55. The number of nitrogens with zero attached hydrogens (tertiary/aromatic N) is 3. The number of benzene rings is 2. The summed E-state index contributed by atoms with van der Waals surface area (Å²) in [5, 5.41) is 1.12. The second-order valence-electron chi connectivity index (χ2n) is 8.44. The van der Waals surface area contributed by atoms with Crippen LogP contribution in [0.3, 0.4) is 0 Å². The lowest BCUT2D eigenvalue weighted by molar-refractivity contribution is 0.442. The molecule has 0 unspecified atom stereocenters. The first kappa shape index (κ1) is 21.5. The zero-order valence-corrected chi connectivity index (χ0v) is 19.3. The Morgan fingerprint density at radius 2 is 1.82 bits per heavy atom. The molecule has 1 saturated carbocycles. The summed E-state index contributed by atoms with van der Waals surface area (Å²) in [6, 6.07) is 17.8. The van der Waals surface area contributed by atoms with E-state index in [1.165, 1.54) is 12.8 Å². The molecule has 8 heteroatoms. The van der Waals surface area contributed by atoms with Crippen LogP contribution < -0.4 is 9.46 Å². The van der Waals surface area contributed by atoms with E-state index < -0.39 is 10.0 Å². The highest BCUT2D eigenvalue weighted by Gasteiger charge is 2.24. The summed E-state index contributed by atoms with van der Waals surface area (Å²) in [5.41, 5.74) is 3.82. The minimum Gasteiger partial charge on any atom is -0.424 e. The third kappa shape index (κ3) is 5.01. The predicted octanol–water partition coefficient (Wildman–Crippen LogP) is 5.45. The maximum Gasteiger partial charge on any atom is 0.321 e. The van der Waals surface area contributed by atoms with Crippen LogP contribution in [0.25, 0.3) is 22.2 Å². The van der Waals surface area contributed by atoms with Gasteiger partial charge in [0.25, 0.3) is 0 Å². The van der Waals surface area contributed by atoms with Gasteiger partial charge in [0, 0.05) is 41.8 Å². The van der Waals surface area contributed by atoms with Gasteiger partial charge < -0.3 is 9.30 Å². The van der Waals surface area contributed by atoms with Gasteiger partial charge in [0.15, 0.2) is 0 Å². The third-order valence-corrected chi connectivity index (χ3v) is 7.18. The van der Waals surface area contributed by atoms with Gasteiger partial charge in [-0.25, -0.2) is 18.4 Å². The maximum atomic E-state index is 12.1. The Bertz CT molecular complexity index is 1360. The fourth-order valence-electron chi connectivity index (χ4n) is 3.94. The molecule has 0 bridgehead atoms. The van der Waals surface area contributed by atoms with Gasteiger partial charge in [-0.05, 0) is 67.1 Å². The van der Waals surface area contributed by atoms with Crippen molar-refractivity contribution in [3.8, 4) is 23.0 Å². The van der Waals surface area contributed by atoms with Crippen LogP contribution >= 0.6 is 0 Å². The van der Waals surface area contributed by atoms with E-state index in [9.17, 15) is 8.42 Å². The lowest BCUT2D eigenvalue weighted by Gasteiger charge is -2.12. The van der Waals surface area contributed by atoms with Gasteiger partial charge in [0.05, 0.1) is 11.3 Å². The molecule has 1 aliphatic carbocycles. The van der Waals surface area contributed by atoms with Crippen molar-refractivity contribution in [3.05, 3.63) is 67.0 Å². The Kier molecular flexibility index (Phi) is 5.76. The molecule has 0 atom stereocenters. The summed E-state index contributed by atoms with van der Waals surface area (Å²) >= 11 is 0. The highest BCUT2D eigenvalue weighted by atomic mass is 32.2. The summed E-state index contributed by atoms with van der Waals surface area (Å²) in [4.78, 5) is 8.29. The van der Waals surface area contributed by atoms with Crippen molar-refractivity contribution in [2.45, 2.75) is 32.7 Å². The minimum atomic E-state index is -3.31. The molecule has 2 heterocycles. The zero-order valence-electron chi connectivity index (χ0n) is 18.4. The number of sulfonamides is 1. The van der Waals surface area contributed by atoms with Crippen molar-refractivity contribution in [1.82, 2.24) is 14.5 Å². The third-order valence-electron chi connectivity index (χ3n) is 5.69. The second kappa shape index (κ2) is 8.86. The molecule has 170 valence electrons. The molecule has 2 aromatic carbocycles. The van der Waals surface area contributed by atoms with Crippen LogP contribution in [-0.2, 0) is 16.6 Å². The SMILES string of the molecule is CCCS(=O)(=O)Nc1ccc(-c2cc3ccc(Oc4ncccn4)cc3n2CC2CC2)cc1. The summed E-state index contributed by atoms with van der Waals surface area (Å²) in [7, 11) is -3.31. The van der Waals surface area contributed by atoms with Crippen LogP contribution in [0.15, 0.2) is 67.0 Å². The van der Waals surface area contributed by atoms with Crippen LogP contribution in [0.2, 0.25) is 0 Å². The summed E-state index contributed by atoms with van der Waals surface area (Å²) in [6.45, 7) is 2.79. The van der Waals surface area contributed by atoms with Crippen molar-refractivity contribution in [2.24, 2.45) is 5.92 Å². The van der Waals surface area contributed by atoms with Gasteiger partial charge in [-0.3, -0.25) is 4.72 Å². The number of nitrogens with one attached hydrogen (secondary N) is 1. The van der Waals surface area contributed by atoms with Crippen molar-refractivity contribution in [2.75, 3.05) is 10.5 Å². The molecule has 5 rings (SSSR count). The van der Waals surface area contributed by atoms with Gasteiger partial charge in [0.2, 0.25) is 10.0 Å². The van der Waals surface area contributed by atoms with E-state index in [1.54, 1.807) is 18.5 Å². The minimum absolute atomic E-state index is 0.114. The molecule has 0 aliphatic heterocycles. The highest BCUT2D eigenvalue weighted by Crippen LogP contribution is 2.37. The molecule has 4 aromatic rings. The Labute approximate surface area is 193 Å². The Morgan fingerprint density at radius 3 is 2.52 bits per heavy atom. The van der Waals surface area contributed by atoms with Gasteiger partial charge in [-0.1, -0.05) is 19.1 Å². The highest BCUT2D eigenvalue weighted by molar-refractivity contribution is 7.92. The van der Waals surface area contributed by atoms with Gasteiger partial charge in [-0.2, -0.15) is 0 Å². The summed E-state index contributed by atoms with van der Waals surface area (Å²) in [6.07, 6.45) is 6.37. The Morgan fingerprint density at radius 1 is 1.06 bits per heavy atom. The number of aromatic nitrogens is 3. The van der Waals surface area contributed by atoms with E-state index in [0.29, 0.717) is 29.8 Å². The number of hydrogen-bond acceptors (Lipinski definition) is 5. The Hall–Kier alpha value is -3.39. The molecule has 1 aliphatic rings. The first-order valence-electron chi connectivity index (χ1n) is 11.2. The Balaban J connectivity index is 1.48. The molecule has 0 spiro atoms. The first-order chi connectivity index (χ1) is 16.0. The summed E-state index contributed by atoms with van der Waals surface area (Å²) in [5.74, 6) is 1.49. The van der Waals surface area contributed by atoms with E-state index in [1.807, 2.05) is 49.4 Å². The molecule has 1 N–H and O–H groups in total. The normalized spacial score (nSPS) is 13.8. The van der Waals surface area contributed by atoms with Crippen LogP contribution in [0.5, 0.6) is 11.8 Å². The lowest BCUT2D eigenvalue weighted by Crippen LogP contribution is -2.15. The van der Waals surface area contributed by atoms with Crippen molar-refractivity contribution >= 4 is 26.6 Å². The number of rotatable bonds is 9. The number of hydrogen-bond donors (Lipinski definition) is 1. The van der Waals surface area contributed by atoms with Crippen molar-refractivity contribution in [3.63, 3.8) is 0 Å². The number of ether oxygens (including phenoxy) is 1. The van der Waals surface area contributed by atoms with Crippen LogP contribution in [0.4, 0.5) is 5.69 Å². The molecule has 7 nitrogen and oxygen atoms in total. The molecule has 2 aromatic heterocycles.